The van der Waals surface area contributed by atoms with Crippen molar-refractivity contribution in [3.63, 3.8) is 0 Å². The Morgan fingerprint density at radius 2 is 2.00 bits per heavy atom. The van der Waals surface area contributed by atoms with Gasteiger partial charge in [-0.25, -0.2) is 4.68 Å². The first-order chi connectivity index (χ1) is 13.7. The molecule has 0 aliphatic carbocycles. The number of H-pyrrole nitrogens is 1. The Bertz CT molecular complexity index is 1100. The van der Waals surface area contributed by atoms with Gasteiger partial charge < -0.3 is 9.64 Å². The molecule has 0 spiro atoms. The van der Waals surface area contributed by atoms with E-state index in [9.17, 15) is 4.79 Å². The summed E-state index contributed by atoms with van der Waals surface area (Å²) in [6.07, 6.45) is 1.77. The number of aromatic amines is 1. The fourth-order valence-corrected chi connectivity index (χ4v) is 3.16. The number of nitrogens with one attached hydrogen (secondary N) is 1. The quantitative estimate of drug-likeness (QED) is 0.560. The number of hydrogen-bond donors (Lipinski definition) is 1. The van der Waals surface area contributed by atoms with Crippen molar-refractivity contribution in [3.05, 3.63) is 72.1 Å². The molecule has 2 heterocycles. The molecular formula is C21H21N5O2. The molecule has 1 N–H and O–H groups in total. The maximum Gasteiger partial charge on any atom is 0.274 e. The second-order valence-electron chi connectivity index (χ2n) is 6.46. The Morgan fingerprint density at radius 1 is 1.18 bits per heavy atom. The average Bonchev–Trinajstić information content (AvgIpc) is 3.36. The van der Waals surface area contributed by atoms with Crippen molar-refractivity contribution in [1.82, 2.24) is 24.9 Å². The molecule has 1 amide bonds. The van der Waals surface area contributed by atoms with Crippen LogP contribution < -0.4 is 4.74 Å². The maximum atomic E-state index is 13.0. The molecule has 7 nitrogen and oxygen atoms in total. The van der Waals surface area contributed by atoms with E-state index in [1.807, 2.05) is 55.5 Å². The summed E-state index contributed by atoms with van der Waals surface area (Å²) in [7, 11) is 1.76. The van der Waals surface area contributed by atoms with Gasteiger partial charge in [-0.2, -0.15) is 10.2 Å². The predicted octanol–water partition coefficient (Wildman–Crippen LogP) is 3.42. The molecule has 2 aromatic heterocycles. The van der Waals surface area contributed by atoms with Gasteiger partial charge in [-0.15, -0.1) is 0 Å². The molecule has 0 bridgehead atoms. The molecule has 0 radical (unpaired) electrons. The summed E-state index contributed by atoms with van der Waals surface area (Å²) >= 11 is 0. The summed E-state index contributed by atoms with van der Waals surface area (Å²) in [6, 6.07) is 17.2. The Balaban J connectivity index is 1.61. The number of amides is 1. The highest BCUT2D eigenvalue weighted by Gasteiger charge is 2.20. The molecule has 0 aliphatic heterocycles. The molecule has 0 aliphatic rings. The molecule has 0 unspecified atom stereocenters. The molecule has 7 heteroatoms. The van der Waals surface area contributed by atoms with Crippen LogP contribution in [0.15, 0.2) is 60.8 Å². The van der Waals surface area contributed by atoms with Crippen LogP contribution in [0.3, 0.4) is 0 Å². The van der Waals surface area contributed by atoms with Crippen molar-refractivity contribution in [2.24, 2.45) is 0 Å². The maximum absolute atomic E-state index is 13.0. The summed E-state index contributed by atoms with van der Waals surface area (Å²) in [4.78, 5) is 14.6. The Morgan fingerprint density at radius 3 is 2.79 bits per heavy atom. The van der Waals surface area contributed by atoms with Gasteiger partial charge >= 0.3 is 0 Å². The van der Waals surface area contributed by atoms with Crippen molar-refractivity contribution < 1.29 is 9.53 Å². The number of benzene rings is 2. The number of hydrogen-bond acceptors (Lipinski definition) is 4. The van der Waals surface area contributed by atoms with Crippen molar-refractivity contribution >= 4 is 16.8 Å². The lowest BCUT2D eigenvalue weighted by atomic mass is 10.1. The van der Waals surface area contributed by atoms with Gasteiger partial charge in [-0.1, -0.05) is 36.4 Å². The Kier molecular flexibility index (Phi) is 4.80. The number of para-hydroxylation sites is 2. The molecule has 0 saturated carbocycles. The lowest BCUT2D eigenvalue weighted by molar-refractivity contribution is 0.0779. The van der Waals surface area contributed by atoms with Crippen LogP contribution in [0.5, 0.6) is 5.88 Å². The van der Waals surface area contributed by atoms with Gasteiger partial charge in [-0.3, -0.25) is 9.89 Å². The standard InChI is InChI=1S/C21H21N5O2/c1-3-28-19-12-18(24-26(19)17-10-5-4-6-11-17)21(27)25(2)14-16-9-7-8-15-13-22-23-20(15)16/h4-13H,3,14H2,1-2H3,(H,22,23). The fraction of sp³-hybridized carbons (Fsp3) is 0.190. The number of ether oxygens (including phenoxy) is 1. The molecule has 0 fully saturated rings. The molecule has 4 aromatic rings. The third-order valence-electron chi connectivity index (χ3n) is 4.51. The Labute approximate surface area is 162 Å². The molecular weight excluding hydrogens is 354 g/mol. The van der Waals surface area contributed by atoms with Crippen LogP contribution in [0.4, 0.5) is 0 Å². The van der Waals surface area contributed by atoms with Crippen molar-refractivity contribution in [3.8, 4) is 11.6 Å². The lowest BCUT2D eigenvalue weighted by Gasteiger charge is -2.16. The van der Waals surface area contributed by atoms with Gasteiger partial charge in [0, 0.05) is 25.0 Å². The van der Waals surface area contributed by atoms with Gasteiger partial charge in [-0.05, 0) is 24.6 Å². The molecule has 0 saturated heterocycles. The zero-order valence-electron chi connectivity index (χ0n) is 15.8. The van der Waals surface area contributed by atoms with E-state index in [1.165, 1.54) is 0 Å². The van der Waals surface area contributed by atoms with Gasteiger partial charge in [0.2, 0.25) is 5.88 Å². The first-order valence-corrected chi connectivity index (χ1v) is 9.12. The van der Waals surface area contributed by atoms with E-state index in [0.717, 1.165) is 22.2 Å². The summed E-state index contributed by atoms with van der Waals surface area (Å²) in [5.41, 5.74) is 3.12. The minimum atomic E-state index is -0.174. The molecule has 0 atom stereocenters. The highest BCUT2D eigenvalue weighted by Crippen LogP contribution is 2.22. The highest BCUT2D eigenvalue weighted by atomic mass is 16.5. The number of carbonyl (C=O) groups is 1. The largest absolute Gasteiger partial charge is 0.478 e. The predicted molar refractivity (Wildman–Crippen MR) is 107 cm³/mol. The average molecular weight is 375 g/mol. The zero-order chi connectivity index (χ0) is 19.5. The smallest absolute Gasteiger partial charge is 0.274 e. The monoisotopic (exact) mass is 375 g/mol. The van der Waals surface area contributed by atoms with Crippen LogP contribution in [0, 0.1) is 0 Å². The zero-order valence-corrected chi connectivity index (χ0v) is 15.8. The number of nitrogens with zero attached hydrogens (tertiary/aromatic N) is 4. The third kappa shape index (κ3) is 3.34. The van der Waals surface area contributed by atoms with Gasteiger partial charge in [0.1, 0.15) is 0 Å². The van der Waals surface area contributed by atoms with Gasteiger partial charge in [0.15, 0.2) is 5.69 Å². The summed E-state index contributed by atoms with van der Waals surface area (Å²) in [6.45, 7) is 2.84. The van der Waals surface area contributed by atoms with Gasteiger partial charge in [0.05, 0.1) is 24.0 Å². The molecule has 142 valence electrons. The van der Waals surface area contributed by atoms with Crippen LogP contribution in [-0.2, 0) is 6.54 Å². The summed E-state index contributed by atoms with van der Waals surface area (Å²) in [5, 5.41) is 12.6. The topological polar surface area (TPSA) is 76.0 Å². The second kappa shape index (κ2) is 7.56. The summed E-state index contributed by atoms with van der Waals surface area (Å²) in [5.74, 6) is 0.369. The second-order valence-corrected chi connectivity index (χ2v) is 6.46. The minimum Gasteiger partial charge on any atom is -0.478 e. The molecule has 28 heavy (non-hydrogen) atoms. The van der Waals surface area contributed by atoms with Crippen molar-refractivity contribution in [2.75, 3.05) is 13.7 Å². The van der Waals surface area contributed by atoms with Crippen LogP contribution in [-0.4, -0.2) is 44.4 Å². The normalized spacial score (nSPS) is 10.9. The van der Waals surface area contributed by atoms with Crippen LogP contribution in [0.25, 0.3) is 16.6 Å². The first kappa shape index (κ1) is 17.8. The third-order valence-corrected chi connectivity index (χ3v) is 4.51. The van der Waals surface area contributed by atoms with E-state index >= 15 is 0 Å². The van der Waals surface area contributed by atoms with Crippen molar-refractivity contribution in [1.29, 1.82) is 0 Å². The van der Waals surface area contributed by atoms with Crippen molar-refractivity contribution in [2.45, 2.75) is 13.5 Å². The SMILES string of the molecule is CCOc1cc(C(=O)N(C)Cc2cccc3cn[nH]c23)nn1-c1ccccc1. The number of fused-ring (bicyclic) bond motifs is 1. The highest BCUT2D eigenvalue weighted by molar-refractivity contribution is 5.93. The minimum absolute atomic E-state index is 0.174. The lowest BCUT2D eigenvalue weighted by Crippen LogP contribution is -2.26. The molecule has 4 rings (SSSR count). The fourth-order valence-electron chi connectivity index (χ4n) is 3.16. The molecule has 2 aromatic carbocycles. The van der Waals surface area contributed by atoms with Gasteiger partial charge in [0.25, 0.3) is 5.91 Å². The van der Waals surface area contributed by atoms with E-state index in [0.29, 0.717) is 24.7 Å². The number of aromatic nitrogens is 4. The van der Waals surface area contributed by atoms with E-state index in [4.69, 9.17) is 4.74 Å². The number of carbonyl (C=O) groups excluding carboxylic acids is 1. The van der Waals surface area contributed by atoms with E-state index in [1.54, 1.807) is 28.9 Å². The van der Waals surface area contributed by atoms with E-state index < -0.39 is 0 Å². The van der Waals surface area contributed by atoms with E-state index in [-0.39, 0.29) is 5.91 Å². The Hall–Kier alpha value is -3.61. The van der Waals surface area contributed by atoms with Crippen LogP contribution >= 0.6 is 0 Å². The van der Waals surface area contributed by atoms with Crippen LogP contribution in [0.1, 0.15) is 23.0 Å². The summed E-state index contributed by atoms with van der Waals surface area (Å²) < 4.78 is 7.34. The number of rotatable bonds is 6. The first-order valence-electron chi connectivity index (χ1n) is 9.12. The van der Waals surface area contributed by atoms with E-state index in [2.05, 4.69) is 15.3 Å². The van der Waals surface area contributed by atoms with Crippen LogP contribution in [0.2, 0.25) is 0 Å².